The average Bonchev–Trinajstić information content (AvgIpc) is 2.97. The number of carboxylic acid groups (broad SMARTS) is 1. The van der Waals surface area contributed by atoms with E-state index < -0.39 is 5.97 Å². The van der Waals surface area contributed by atoms with Crippen LogP contribution in [0.2, 0.25) is 0 Å². The second-order valence-electron chi connectivity index (χ2n) is 5.39. The number of carboxylic acids is 1. The van der Waals surface area contributed by atoms with Crippen molar-refractivity contribution in [1.29, 1.82) is 0 Å². The fourth-order valence-electron chi connectivity index (χ4n) is 2.44. The van der Waals surface area contributed by atoms with Crippen LogP contribution in [0.3, 0.4) is 0 Å². The van der Waals surface area contributed by atoms with Gasteiger partial charge in [-0.2, -0.15) is 0 Å². The molecule has 122 valence electrons. The molecule has 3 aromatic rings. The number of rotatable bonds is 5. The highest BCUT2D eigenvalue weighted by Crippen LogP contribution is 2.19. The lowest BCUT2D eigenvalue weighted by molar-refractivity contribution is -0.137. The SMILES string of the molecule is Cc1ccsc1/C=C/c1nc2ccccc2c(=O)n1CCC(=O)O. The Balaban J connectivity index is 2.11. The Morgan fingerprint density at radius 2 is 2.08 bits per heavy atom. The van der Waals surface area contributed by atoms with Crippen molar-refractivity contribution < 1.29 is 9.90 Å². The third-order valence-corrected chi connectivity index (χ3v) is 4.71. The van der Waals surface area contributed by atoms with Crippen molar-refractivity contribution >= 4 is 40.4 Å². The maximum Gasteiger partial charge on any atom is 0.305 e. The molecule has 24 heavy (non-hydrogen) atoms. The molecule has 0 aliphatic carbocycles. The molecule has 0 unspecified atom stereocenters. The fourth-order valence-corrected chi connectivity index (χ4v) is 3.26. The Morgan fingerprint density at radius 1 is 1.29 bits per heavy atom. The standard InChI is InChI=1S/C18H16N2O3S/c1-12-9-11-24-15(12)6-7-16-19-14-5-3-2-4-13(14)18(23)20(16)10-8-17(21)22/h2-7,9,11H,8,10H2,1H3,(H,21,22)/b7-6+. The molecule has 0 bridgehead atoms. The van der Waals surface area contributed by atoms with Crippen LogP contribution in [0.4, 0.5) is 0 Å². The quantitative estimate of drug-likeness (QED) is 0.772. The minimum Gasteiger partial charge on any atom is -0.481 e. The Morgan fingerprint density at radius 3 is 2.79 bits per heavy atom. The largest absolute Gasteiger partial charge is 0.481 e. The number of benzene rings is 1. The molecule has 6 heteroatoms. The molecular formula is C18H16N2O3S. The normalized spacial score (nSPS) is 11.4. The summed E-state index contributed by atoms with van der Waals surface area (Å²) in [6.07, 6.45) is 3.56. The van der Waals surface area contributed by atoms with Gasteiger partial charge in [0.05, 0.1) is 17.3 Å². The summed E-state index contributed by atoms with van der Waals surface area (Å²) in [4.78, 5) is 29.2. The van der Waals surface area contributed by atoms with Gasteiger partial charge in [0, 0.05) is 11.4 Å². The van der Waals surface area contributed by atoms with E-state index in [1.165, 1.54) is 4.57 Å². The third kappa shape index (κ3) is 3.28. The first-order valence-electron chi connectivity index (χ1n) is 7.50. The molecular weight excluding hydrogens is 324 g/mol. The number of carbonyl (C=O) groups is 1. The number of nitrogens with zero attached hydrogens (tertiary/aromatic N) is 2. The Kier molecular flexibility index (Phi) is 4.57. The second-order valence-corrected chi connectivity index (χ2v) is 6.34. The smallest absolute Gasteiger partial charge is 0.305 e. The van der Waals surface area contributed by atoms with Gasteiger partial charge >= 0.3 is 5.97 Å². The van der Waals surface area contributed by atoms with Crippen molar-refractivity contribution in [3.05, 3.63) is 62.3 Å². The molecule has 1 aromatic carbocycles. The van der Waals surface area contributed by atoms with Crippen LogP contribution >= 0.6 is 11.3 Å². The number of para-hydroxylation sites is 1. The third-order valence-electron chi connectivity index (χ3n) is 3.73. The molecule has 1 N–H and O–H groups in total. The number of fused-ring (bicyclic) bond motifs is 1. The average molecular weight is 340 g/mol. The van der Waals surface area contributed by atoms with E-state index in [-0.39, 0.29) is 18.5 Å². The Hall–Kier alpha value is -2.73. The minimum absolute atomic E-state index is 0.0924. The molecule has 0 spiro atoms. The molecule has 5 nitrogen and oxygen atoms in total. The molecule has 0 fully saturated rings. The first kappa shape index (κ1) is 16.1. The molecule has 0 amide bonds. The summed E-state index contributed by atoms with van der Waals surface area (Å²) in [6.45, 7) is 2.11. The van der Waals surface area contributed by atoms with E-state index in [1.807, 2.05) is 30.5 Å². The number of aliphatic carboxylic acids is 1. The van der Waals surface area contributed by atoms with E-state index in [2.05, 4.69) is 4.98 Å². The monoisotopic (exact) mass is 340 g/mol. The van der Waals surface area contributed by atoms with Gasteiger partial charge < -0.3 is 5.11 Å². The number of hydrogen-bond acceptors (Lipinski definition) is 4. The number of hydrogen-bond donors (Lipinski definition) is 1. The number of aryl methyl sites for hydroxylation is 1. The van der Waals surface area contributed by atoms with Gasteiger partial charge in [0.2, 0.25) is 0 Å². The van der Waals surface area contributed by atoms with Crippen molar-refractivity contribution in [1.82, 2.24) is 9.55 Å². The predicted molar refractivity (Wildman–Crippen MR) is 96.2 cm³/mol. The maximum atomic E-state index is 12.7. The lowest BCUT2D eigenvalue weighted by Gasteiger charge is -2.10. The van der Waals surface area contributed by atoms with E-state index in [9.17, 15) is 9.59 Å². The van der Waals surface area contributed by atoms with Crippen LogP contribution in [0.15, 0.2) is 40.5 Å². The Bertz CT molecular complexity index is 985. The summed E-state index contributed by atoms with van der Waals surface area (Å²) in [7, 11) is 0. The van der Waals surface area contributed by atoms with Gasteiger partial charge in [-0.15, -0.1) is 11.3 Å². The van der Waals surface area contributed by atoms with Crippen LogP contribution in [-0.4, -0.2) is 20.6 Å². The lowest BCUT2D eigenvalue weighted by Crippen LogP contribution is -2.25. The van der Waals surface area contributed by atoms with E-state index in [0.717, 1.165) is 10.4 Å². The van der Waals surface area contributed by atoms with E-state index in [4.69, 9.17) is 5.11 Å². The zero-order valence-electron chi connectivity index (χ0n) is 13.1. The number of aromatic nitrogens is 2. The van der Waals surface area contributed by atoms with Crippen molar-refractivity contribution in [2.24, 2.45) is 0 Å². The molecule has 0 aliphatic heterocycles. The van der Waals surface area contributed by atoms with Crippen LogP contribution < -0.4 is 5.56 Å². The molecule has 0 radical (unpaired) electrons. The van der Waals surface area contributed by atoms with Gasteiger partial charge in [-0.3, -0.25) is 14.2 Å². The summed E-state index contributed by atoms with van der Waals surface area (Å²) in [5.74, 6) is -0.480. The summed E-state index contributed by atoms with van der Waals surface area (Å²) in [6, 6.07) is 9.12. The highest BCUT2D eigenvalue weighted by Gasteiger charge is 2.10. The molecule has 2 heterocycles. The van der Waals surface area contributed by atoms with E-state index in [0.29, 0.717) is 16.7 Å². The molecule has 3 rings (SSSR count). The highest BCUT2D eigenvalue weighted by atomic mass is 32.1. The lowest BCUT2D eigenvalue weighted by atomic mass is 10.2. The summed E-state index contributed by atoms with van der Waals surface area (Å²) in [5, 5.41) is 11.4. The zero-order valence-corrected chi connectivity index (χ0v) is 13.9. The van der Waals surface area contributed by atoms with Gasteiger partial charge in [-0.05, 0) is 48.2 Å². The van der Waals surface area contributed by atoms with Crippen LogP contribution in [-0.2, 0) is 11.3 Å². The minimum atomic E-state index is -0.945. The molecule has 2 aromatic heterocycles. The number of thiophene rings is 1. The Labute approximate surface area is 142 Å². The van der Waals surface area contributed by atoms with Crippen molar-refractivity contribution in [3.63, 3.8) is 0 Å². The van der Waals surface area contributed by atoms with Crippen molar-refractivity contribution in [3.8, 4) is 0 Å². The molecule has 0 saturated carbocycles. The zero-order chi connectivity index (χ0) is 17.1. The van der Waals surface area contributed by atoms with Gasteiger partial charge in [0.1, 0.15) is 5.82 Å². The summed E-state index contributed by atoms with van der Waals surface area (Å²) < 4.78 is 1.43. The maximum absolute atomic E-state index is 12.7. The van der Waals surface area contributed by atoms with Crippen LogP contribution in [0.1, 0.15) is 22.7 Å². The fraction of sp³-hybridized carbons (Fsp3) is 0.167. The predicted octanol–water partition coefficient (Wildman–Crippen LogP) is 3.41. The van der Waals surface area contributed by atoms with Gasteiger partial charge in [-0.25, -0.2) is 4.98 Å². The van der Waals surface area contributed by atoms with Crippen molar-refractivity contribution in [2.75, 3.05) is 0 Å². The second kappa shape index (κ2) is 6.80. The van der Waals surface area contributed by atoms with Gasteiger partial charge in [0.25, 0.3) is 5.56 Å². The topological polar surface area (TPSA) is 72.2 Å². The van der Waals surface area contributed by atoms with Crippen LogP contribution in [0.25, 0.3) is 23.1 Å². The first-order chi connectivity index (χ1) is 11.6. The van der Waals surface area contributed by atoms with Crippen LogP contribution in [0.5, 0.6) is 0 Å². The first-order valence-corrected chi connectivity index (χ1v) is 8.38. The molecule has 0 saturated heterocycles. The highest BCUT2D eigenvalue weighted by molar-refractivity contribution is 7.11. The molecule has 0 atom stereocenters. The summed E-state index contributed by atoms with van der Waals surface area (Å²) in [5.41, 5.74) is 1.54. The van der Waals surface area contributed by atoms with Gasteiger partial charge in [0.15, 0.2) is 0 Å². The molecule has 0 aliphatic rings. The van der Waals surface area contributed by atoms with Gasteiger partial charge in [-0.1, -0.05) is 12.1 Å². The van der Waals surface area contributed by atoms with E-state index >= 15 is 0 Å². The van der Waals surface area contributed by atoms with E-state index in [1.54, 1.807) is 35.6 Å². The van der Waals surface area contributed by atoms with Crippen LogP contribution in [0, 0.1) is 6.92 Å². The summed E-state index contributed by atoms with van der Waals surface area (Å²) >= 11 is 1.60. The van der Waals surface area contributed by atoms with Crippen molar-refractivity contribution in [2.45, 2.75) is 19.9 Å².